The van der Waals surface area contributed by atoms with Crippen molar-refractivity contribution in [2.24, 2.45) is 17.6 Å². The monoisotopic (exact) mass is 242 g/mol. The number of hydrogen-bond donors (Lipinski definition) is 3. The molecule has 17 heavy (non-hydrogen) atoms. The summed E-state index contributed by atoms with van der Waals surface area (Å²) in [7, 11) is 0. The zero-order valence-corrected chi connectivity index (χ0v) is 11.0. The van der Waals surface area contributed by atoms with Gasteiger partial charge in [0.05, 0.1) is 12.1 Å². The smallest absolute Gasteiger partial charge is 0.220 e. The van der Waals surface area contributed by atoms with Crippen LogP contribution in [0.15, 0.2) is 0 Å². The minimum atomic E-state index is -0.325. The van der Waals surface area contributed by atoms with Crippen molar-refractivity contribution in [2.75, 3.05) is 13.2 Å². The molecule has 0 spiro atoms. The SMILES string of the molecule is CC(C)C[C@H](CN)CC(=O)NC1(CO)CCC1. The van der Waals surface area contributed by atoms with Crippen molar-refractivity contribution in [3.63, 3.8) is 0 Å². The molecule has 1 rings (SSSR count). The standard InChI is InChI=1S/C13H26N2O2/c1-10(2)6-11(8-14)7-12(17)15-13(9-16)4-3-5-13/h10-11,16H,3-9,14H2,1-2H3,(H,15,17)/t11-/m0/s1. The van der Waals surface area contributed by atoms with Crippen molar-refractivity contribution in [3.8, 4) is 0 Å². The fraction of sp³-hybridized carbons (Fsp3) is 0.923. The van der Waals surface area contributed by atoms with Crippen LogP contribution in [0.1, 0.15) is 46.0 Å². The molecule has 100 valence electrons. The van der Waals surface area contributed by atoms with E-state index in [0.717, 1.165) is 25.7 Å². The molecule has 0 radical (unpaired) electrons. The summed E-state index contributed by atoms with van der Waals surface area (Å²) < 4.78 is 0. The molecule has 0 saturated heterocycles. The molecule has 4 heteroatoms. The number of aliphatic hydroxyl groups is 1. The van der Waals surface area contributed by atoms with Gasteiger partial charge in [-0.3, -0.25) is 4.79 Å². The summed E-state index contributed by atoms with van der Waals surface area (Å²) in [4.78, 5) is 11.9. The third-order valence-corrected chi connectivity index (χ3v) is 3.63. The largest absolute Gasteiger partial charge is 0.394 e. The van der Waals surface area contributed by atoms with Gasteiger partial charge in [-0.15, -0.1) is 0 Å². The minimum absolute atomic E-state index is 0.0369. The van der Waals surface area contributed by atoms with E-state index in [1.165, 1.54) is 0 Å². The van der Waals surface area contributed by atoms with Gasteiger partial charge in [-0.25, -0.2) is 0 Å². The summed E-state index contributed by atoms with van der Waals surface area (Å²) in [6.45, 7) is 4.89. The second-order valence-corrected chi connectivity index (χ2v) is 5.78. The number of rotatable bonds is 7. The van der Waals surface area contributed by atoms with Gasteiger partial charge in [-0.1, -0.05) is 13.8 Å². The number of carbonyl (C=O) groups excluding carboxylic acids is 1. The molecule has 1 atom stereocenters. The van der Waals surface area contributed by atoms with Crippen molar-refractivity contribution in [2.45, 2.75) is 51.5 Å². The van der Waals surface area contributed by atoms with Gasteiger partial charge in [0.2, 0.25) is 5.91 Å². The van der Waals surface area contributed by atoms with Gasteiger partial charge in [0.15, 0.2) is 0 Å². The average Bonchev–Trinajstić information content (AvgIpc) is 2.21. The molecular formula is C13H26N2O2. The van der Waals surface area contributed by atoms with Crippen LogP contribution in [0.3, 0.4) is 0 Å². The normalized spacial score (nSPS) is 19.8. The molecule has 0 bridgehead atoms. The Bertz CT molecular complexity index is 244. The van der Waals surface area contributed by atoms with E-state index in [4.69, 9.17) is 5.73 Å². The predicted octanol–water partition coefficient (Wildman–Crippen LogP) is 1.03. The Morgan fingerprint density at radius 3 is 2.47 bits per heavy atom. The lowest BCUT2D eigenvalue weighted by Gasteiger charge is -2.41. The van der Waals surface area contributed by atoms with E-state index in [1.807, 2.05) is 0 Å². The first-order valence-electron chi connectivity index (χ1n) is 6.63. The van der Waals surface area contributed by atoms with E-state index in [9.17, 15) is 9.90 Å². The van der Waals surface area contributed by atoms with Crippen molar-refractivity contribution >= 4 is 5.91 Å². The van der Waals surface area contributed by atoms with Gasteiger partial charge >= 0.3 is 0 Å². The number of aliphatic hydroxyl groups excluding tert-OH is 1. The molecule has 1 amide bonds. The van der Waals surface area contributed by atoms with Crippen LogP contribution in [0.2, 0.25) is 0 Å². The van der Waals surface area contributed by atoms with Crippen LogP contribution in [-0.4, -0.2) is 29.7 Å². The molecular weight excluding hydrogens is 216 g/mol. The van der Waals surface area contributed by atoms with E-state index < -0.39 is 0 Å². The van der Waals surface area contributed by atoms with Crippen molar-refractivity contribution in [1.82, 2.24) is 5.32 Å². The average molecular weight is 242 g/mol. The quantitative estimate of drug-likeness (QED) is 0.624. The van der Waals surface area contributed by atoms with E-state index in [0.29, 0.717) is 18.9 Å². The first-order valence-corrected chi connectivity index (χ1v) is 6.63. The highest BCUT2D eigenvalue weighted by Crippen LogP contribution is 2.31. The zero-order valence-electron chi connectivity index (χ0n) is 11.0. The van der Waals surface area contributed by atoms with E-state index in [1.54, 1.807) is 0 Å². The maximum Gasteiger partial charge on any atom is 0.220 e. The van der Waals surface area contributed by atoms with Gasteiger partial charge in [0.1, 0.15) is 0 Å². The third-order valence-electron chi connectivity index (χ3n) is 3.63. The van der Waals surface area contributed by atoms with Crippen LogP contribution in [0.4, 0.5) is 0 Å². The maximum absolute atomic E-state index is 11.9. The van der Waals surface area contributed by atoms with Crippen LogP contribution in [0.5, 0.6) is 0 Å². The fourth-order valence-electron chi connectivity index (χ4n) is 2.46. The fourth-order valence-corrected chi connectivity index (χ4v) is 2.46. The molecule has 1 aliphatic rings. The molecule has 0 aromatic carbocycles. The second kappa shape index (κ2) is 6.36. The van der Waals surface area contributed by atoms with Crippen LogP contribution in [-0.2, 0) is 4.79 Å². The van der Waals surface area contributed by atoms with Crippen molar-refractivity contribution in [1.29, 1.82) is 0 Å². The van der Waals surface area contributed by atoms with Gasteiger partial charge in [0, 0.05) is 6.42 Å². The molecule has 1 saturated carbocycles. The van der Waals surface area contributed by atoms with Crippen molar-refractivity contribution in [3.05, 3.63) is 0 Å². The molecule has 1 aliphatic carbocycles. The Labute approximate surface area is 104 Å². The highest BCUT2D eigenvalue weighted by atomic mass is 16.3. The maximum atomic E-state index is 11.9. The lowest BCUT2D eigenvalue weighted by molar-refractivity contribution is -0.126. The van der Waals surface area contributed by atoms with Crippen molar-refractivity contribution < 1.29 is 9.90 Å². The zero-order chi connectivity index (χ0) is 12.9. The molecule has 0 aromatic rings. The number of carbonyl (C=O) groups is 1. The molecule has 0 aliphatic heterocycles. The number of nitrogens with two attached hydrogens (primary N) is 1. The highest BCUT2D eigenvalue weighted by molar-refractivity contribution is 5.77. The van der Waals surface area contributed by atoms with Crippen LogP contribution >= 0.6 is 0 Å². The topological polar surface area (TPSA) is 75.4 Å². The Kier molecular flexibility index (Phi) is 5.40. The van der Waals surface area contributed by atoms with Gasteiger partial charge < -0.3 is 16.2 Å². The third kappa shape index (κ3) is 4.28. The molecule has 4 nitrogen and oxygen atoms in total. The summed E-state index contributed by atoms with van der Waals surface area (Å²) in [5.74, 6) is 0.854. The summed E-state index contributed by atoms with van der Waals surface area (Å²) >= 11 is 0. The van der Waals surface area contributed by atoms with E-state index in [-0.39, 0.29) is 24.0 Å². The number of nitrogens with one attached hydrogen (secondary N) is 1. The lowest BCUT2D eigenvalue weighted by atomic mass is 9.77. The Hall–Kier alpha value is -0.610. The Morgan fingerprint density at radius 1 is 1.47 bits per heavy atom. The van der Waals surface area contributed by atoms with Crippen LogP contribution in [0.25, 0.3) is 0 Å². The van der Waals surface area contributed by atoms with Gasteiger partial charge in [-0.05, 0) is 44.1 Å². The second-order valence-electron chi connectivity index (χ2n) is 5.78. The van der Waals surface area contributed by atoms with Crippen LogP contribution < -0.4 is 11.1 Å². The molecule has 0 unspecified atom stereocenters. The molecule has 0 aromatic heterocycles. The Balaban J connectivity index is 2.36. The summed E-state index contributed by atoms with van der Waals surface area (Å²) in [6.07, 6.45) is 4.35. The van der Waals surface area contributed by atoms with Crippen LogP contribution in [0, 0.1) is 11.8 Å². The summed E-state index contributed by atoms with van der Waals surface area (Å²) in [5, 5.41) is 12.3. The highest BCUT2D eigenvalue weighted by Gasteiger charge is 2.37. The molecule has 1 fully saturated rings. The van der Waals surface area contributed by atoms with Gasteiger partial charge in [-0.2, -0.15) is 0 Å². The summed E-state index contributed by atoms with van der Waals surface area (Å²) in [6, 6.07) is 0. The number of amides is 1. The van der Waals surface area contributed by atoms with Gasteiger partial charge in [0.25, 0.3) is 0 Å². The molecule has 4 N–H and O–H groups in total. The number of hydrogen-bond acceptors (Lipinski definition) is 3. The van der Waals surface area contributed by atoms with E-state index >= 15 is 0 Å². The minimum Gasteiger partial charge on any atom is -0.394 e. The molecule has 0 heterocycles. The Morgan fingerprint density at radius 2 is 2.12 bits per heavy atom. The first-order chi connectivity index (χ1) is 8.01. The predicted molar refractivity (Wildman–Crippen MR) is 68.4 cm³/mol. The lowest BCUT2D eigenvalue weighted by Crippen LogP contribution is -2.56. The first kappa shape index (κ1) is 14.5. The summed E-state index contributed by atoms with van der Waals surface area (Å²) in [5.41, 5.74) is 5.36. The van der Waals surface area contributed by atoms with E-state index in [2.05, 4.69) is 19.2 Å².